The van der Waals surface area contributed by atoms with Crippen LogP contribution in [0.4, 0.5) is 4.79 Å². The number of hydrogen-bond acceptors (Lipinski definition) is 3. The van der Waals surface area contributed by atoms with Gasteiger partial charge in [-0.1, -0.05) is 41.9 Å². The third-order valence-electron chi connectivity index (χ3n) is 4.88. The van der Waals surface area contributed by atoms with Crippen LogP contribution in [0, 0.1) is 6.92 Å². The minimum atomic E-state index is -0.0909. The first-order valence-electron chi connectivity index (χ1n) is 9.76. The highest BCUT2D eigenvalue weighted by Gasteiger charge is 2.22. The fourth-order valence-corrected chi connectivity index (χ4v) is 3.57. The molecule has 0 atom stereocenters. The summed E-state index contributed by atoms with van der Waals surface area (Å²) < 4.78 is 1.74. The second-order valence-electron chi connectivity index (χ2n) is 6.91. The summed E-state index contributed by atoms with van der Waals surface area (Å²) in [5.74, 6) is -0.0909. The highest BCUT2D eigenvalue weighted by molar-refractivity contribution is 6.31. The van der Waals surface area contributed by atoms with Crippen LogP contribution in [-0.2, 0) is 11.3 Å². The topological polar surface area (TPSA) is 70.5 Å². The Morgan fingerprint density at radius 2 is 1.79 bits per heavy atom. The molecule has 0 bridgehead atoms. The van der Waals surface area contributed by atoms with Crippen LogP contribution in [0.25, 0.3) is 6.08 Å². The van der Waals surface area contributed by atoms with Crippen molar-refractivity contribution in [2.24, 2.45) is 0 Å². The zero-order valence-corrected chi connectivity index (χ0v) is 17.5. The van der Waals surface area contributed by atoms with E-state index in [4.69, 9.17) is 11.6 Å². The van der Waals surface area contributed by atoms with E-state index in [-0.39, 0.29) is 11.9 Å². The Labute approximate surface area is 175 Å². The number of hydrogen-bond donors (Lipinski definition) is 1. The molecule has 1 saturated heterocycles. The molecule has 0 unspecified atom stereocenters. The third kappa shape index (κ3) is 5.17. The predicted octanol–water partition coefficient (Wildman–Crippen LogP) is 2.78. The van der Waals surface area contributed by atoms with Gasteiger partial charge in [-0.2, -0.15) is 5.10 Å². The molecule has 7 nitrogen and oxygen atoms in total. The number of aromatic nitrogens is 2. The van der Waals surface area contributed by atoms with E-state index in [0.29, 0.717) is 44.4 Å². The Bertz CT molecular complexity index is 886. The molecule has 1 N–H and O–H groups in total. The molecule has 1 aromatic heterocycles. The van der Waals surface area contributed by atoms with Crippen LogP contribution in [0.1, 0.15) is 23.7 Å². The van der Waals surface area contributed by atoms with Gasteiger partial charge in [0.1, 0.15) is 5.15 Å². The molecule has 1 aliphatic heterocycles. The van der Waals surface area contributed by atoms with Crippen LogP contribution in [0.2, 0.25) is 5.15 Å². The molecule has 29 heavy (non-hydrogen) atoms. The lowest BCUT2D eigenvalue weighted by molar-refractivity contribution is -0.127. The average Bonchev–Trinajstić information content (AvgIpc) is 3.00. The van der Waals surface area contributed by atoms with Crippen molar-refractivity contribution in [1.29, 1.82) is 0 Å². The SMILES string of the molecule is CCNC(=O)N1CCN(C(=O)C=Cc2c(C)nn(Cc3ccccc3)c2Cl)CC1. The van der Waals surface area contributed by atoms with Crippen molar-refractivity contribution in [1.82, 2.24) is 24.9 Å². The zero-order valence-electron chi connectivity index (χ0n) is 16.8. The first-order valence-corrected chi connectivity index (χ1v) is 10.1. The number of nitrogens with zero attached hydrogens (tertiary/aromatic N) is 4. The van der Waals surface area contributed by atoms with E-state index in [1.54, 1.807) is 20.6 Å². The van der Waals surface area contributed by atoms with E-state index in [9.17, 15) is 9.59 Å². The normalized spacial score (nSPS) is 14.4. The number of nitrogens with one attached hydrogen (secondary N) is 1. The fourth-order valence-electron chi connectivity index (χ4n) is 3.27. The van der Waals surface area contributed by atoms with Gasteiger partial charge in [0, 0.05) is 44.4 Å². The second kappa shape index (κ2) is 9.60. The molecule has 0 radical (unpaired) electrons. The molecule has 1 aromatic carbocycles. The van der Waals surface area contributed by atoms with Crippen LogP contribution >= 0.6 is 11.6 Å². The molecule has 1 fully saturated rings. The number of urea groups is 1. The van der Waals surface area contributed by atoms with Gasteiger partial charge in [-0.15, -0.1) is 0 Å². The lowest BCUT2D eigenvalue weighted by Crippen LogP contribution is -2.52. The smallest absolute Gasteiger partial charge is 0.317 e. The van der Waals surface area contributed by atoms with Gasteiger partial charge in [0.25, 0.3) is 0 Å². The lowest BCUT2D eigenvalue weighted by Gasteiger charge is -2.34. The summed E-state index contributed by atoms with van der Waals surface area (Å²) in [6, 6.07) is 9.88. The standard InChI is InChI=1S/C21H26ClN5O2/c1-3-23-21(29)26-13-11-25(12-14-26)19(28)10-9-18-16(2)24-27(20(18)22)15-17-7-5-4-6-8-17/h4-10H,3,11-15H2,1-2H3,(H,23,29). The van der Waals surface area contributed by atoms with Crippen LogP contribution in [0.15, 0.2) is 36.4 Å². The van der Waals surface area contributed by atoms with Crippen molar-refractivity contribution in [3.05, 3.63) is 58.4 Å². The molecular weight excluding hydrogens is 390 g/mol. The molecule has 154 valence electrons. The maximum absolute atomic E-state index is 12.5. The molecule has 0 spiro atoms. The molecule has 0 saturated carbocycles. The highest BCUT2D eigenvalue weighted by Crippen LogP contribution is 2.22. The summed E-state index contributed by atoms with van der Waals surface area (Å²) in [7, 11) is 0. The Morgan fingerprint density at radius 1 is 1.14 bits per heavy atom. The van der Waals surface area contributed by atoms with Gasteiger partial charge < -0.3 is 15.1 Å². The summed E-state index contributed by atoms with van der Waals surface area (Å²) in [5, 5.41) is 7.79. The Hall–Kier alpha value is -2.80. The van der Waals surface area contributed by atoms with Gasteiger partial charge in [0.05, 0.1) is 12.2 Å². The molecular formula is C21H26ClN5O2. The molecule has 2 aromatic rings. The zero-order chi connectivity index (χ0) is 20.8. The van der Waals surface area contributed by atoms with Gasteiger partial charge in [-0.3, -0.25) is 4.79 Å². The largest absolute Gasteiger partial charge is 0.338 e. The Balaban J connectivity index is 1.61. The summed E-state index contributed by atoms with van der Waals surface area (Å²) in [4.78, 5) is 27.9. The Morgan fingerprint density at radius 3 is 2.45 bits per heavy atom. The van der Waals surface area contributed by atoms with Gasteiger partial charge >= 0.3 is 6.03 Å². The van der Waals surface area contributed by atoms with Gasteiger partial charge in [0.15, 0.2) is 0 Å². The van der Waals surface area contributed by atoms with E-state index in [1.807, 2.05) is 44.2 Å². The van der Waals surface area contributed by atoms with Crippen molar-refractivity contribution < 1.29 is 9.59 Å². The van der Waals surface area contributed by atoms with Gasteiger partial charge in [0.2, 0.25) is 5.91 Å². The van der Waals surface area contributed by atoms with Crippen LogP contribution in [-0.4, -0.2) is 64.2 Å². The number of carbonyl (C=O) groups excluding carboxylic acids is 2. The molecule has 1 aliphatic rings. The van der Waals surface area contributed by atoms with Crippen molar-refractivity contribution in [3.63, 3.8) is 0 Å². The van der Waals surface area contributed by atoms with E-state index >= 15 is 0 Å². The van der Waals surface area contributed by atoms with Gasteiger partial charge in [-0.05, 0) is 25.5 Å². The number of aryl methyl sites for hydroxylation is 1. The minimum Gasteiger partial charge on any atom is -0.338 e. The van der Waals surface area contributed by atoms with E-state index in [2.05, 4.69) is 10.4 Å². The molecule has 2 heterocycles. The number of piperazine rings is 1. The average molecular weight is 416 g/mol. The first kappa shape index (κ1) is 20.9. The van der Waals surface area contributed by atoms with Crippen molar-refractivity contribution in [2.75, 3.05) is 32.7 Å². The van der Waals surface area contributed by atoms with Crippen LogP contribution in [0.5, 0.6) is 0 Å². The molecule has 3 rings (SSSR count). The fraction of sp³-hybridized carbons (Fsp3) is 0.381. The monoisotopic (exact) mass is 415 g/mol. The number of carbonyl (C=O) groups is 2. The molecule has 8 heteroatoms. The second-order valence-corrected chi connectivity index (χ2v) is 7.27. The third-order valence-corrected chi connectivity index (χ3v) is 5.28. The Kier molecular flexibility index (Phi) is 6.93. The van der Waals surface area contributed by atoms with E-state index < -0.39 is 0 Å². The summed E-state index contributed by atoms with van der Waals surface area (Å²) in [6.07, 6.45) is 3.26. The van der Waals surface area contributed by atoms with Crippen molar-refractivity contribution in [2.45, 2.75) is 20.4 Å². The van der Waals surface area contributed by atoms with Crippen LogP contribution < -0.4 is 5.32 Å². The lowest BCUT2D eigenvalue weighted by atomic mass is 10.2. The number of amides is 3. The van der Waals surface area contributed by atoms with Crippen molar-refractivity contribution >= 4 is 29.6 Å². The van der Waals surface area contributed by atoms with Gasteiger partial charge in [-0.25, -0.2) is 9.48 Å². The minimum absolute atomic E-state index is 0.0802. The molecule has 0 aliphatic carbocycles. The molecule has 3 amide bonds. The summed E-state index contributed by atoms with van der Waals surface area (Å²) >= 11 is 6.51. The highest BCUT2D eigenvalue weighted by atomic mass is 35.5. The van der Waals surface area contributed by atoms with E-state index in [1.165, 1.54) is 6.08 Å². The number of halogens is 1. The first-order chi connectivity index (χ1) is 14.0. The number of benzene rings is 1. The predicted molar refractivity (Wildman–Crippen MR) is 114 cm³/mol. The maximum Gasteiger partial charge on any atom is 0.317 e. The quantitative estimate of drug-likeness (QED) is 0.763. The van der Waals surface area contributed by atoms with Crippen LogP contribution in [0.3, 0.4) is 0 Å². The van der Waals surface area contributed by atoms with Crippen molar-refractivity contribution in [3.8, 4) is 0 Å². The maximum atomic E-state index is 12.5. The van der Waals surface area contributed by atoms with E-state index in [0.717, 1.165) is 16.8 Å². The summed E-state index contributed by atoms with van der Waals surface area (Å²) in [6.45, 7) is 7.02. The summed E-state index contributed by atoms with van der Waals surface area (Å²) in [5.41, 5.74) is 2.63. The number of rotatable bonds is 5.